The molecule has 4 nitrogen and oxygen atoms in total. The molecule has 5 heteroatoms. The first-order chi connectivity index (χ1) is 7.19. The number of carbonyl (C=O) groups excluding carboxylic acids is 1. The van der Waals surface area contributed by atoms with E-state index in [9.17, 15) is 4.79 Å². The molecule has 0 amide bonds. The fourth-order valence-electron chi connectivity index (χ4n) is 1.03. The monoisotopic (exact) mass is 229 g/mol. The molecule has 1 aromatic rings. The summed E-state index contributed by atoms with van der Waals surface area (Å²) in [6, 6.07) is 1.48. The lowest BCUT2D eigenvalue weighted by molar-refractivity contribution is 0.0521. The summed E-state index contributed by atoms with van der Waals surface area (Å²) in [5, 5.41) is 0.376. The van der Waals surface area contributed by atoms with Crippen molar-refractivity contribution in [1.82, 2.24) is 4.98 Å². The quantitative estimate of drug-likeness (QED) is 0.744. The lowest BCUT2D eigenvalue weighted by Gasteiger charge is -2.08. The molecule has 1 aromatic heterocycles. The number of halogens is 1. The SMILES string of the molecule is CCOC(=O)c1cc(Cl)cnc1OCC. The minimum Gasteiger partial charge on any atom is -0.477 e. The van der Waals surface area contributed by atoms with Gasteiger partial charge in [0.25, 0.3) is 0 Å². The van der Waals surface area contributed by atoms with Crippen LogP contribution in [0.25, 0.3) is 0 Å². The van der Waals surface area contributed by atoms with Gasteiger partial charge in [-0.2, -0.15) is 0 Å². The molecule has 0 aliphatic rings. The van der Waals surface area contributed by atoms with Gasteiger partial charge in [0, 0.05) is 6.20 Å². The maximum Gasteiger partial charge on any atom is 0.343 e. The van der Waals surface area contributed by atoms with Gasteiger partial charge >= 0.3 is 5.97 Å². The number of hydrogen-bond donors (Lipinski definition) is 0. The van der Waals surface area contributed by atoms with E-state index in [1.54, 1.807) is 6.92 Å². The number of pyridine rings is 1. The third-order valence-corrected chi connectivity index (χ3v) is 1.80. The predicted molar refractivity (Wildman–Crippen MR) is 56.4 cm³/mol. The molecule has 0 radical (unpaired) electrons. The van der Waals surface area contributed by atoms with E-state index in [1.165, 1.54) is 12.3 Å². The van der Waals surface area contributed by atoms with Gasteiger partial charge in [-0.1, -0.05) is 11.6 Å². The highest BCUT2D eigenvalue weighted by Crippen LogP contribution is 2.20. The standard InChI is InChI=1S/C10H12ClNO3/c1-3-14-9-8(10(13)15-4-2)5-7(11)6-12-9/h5-6H,3-4H2,1-2H3. The number of carbonyl (C=O) groups is 1. The van der Waals surface area contributed by atoms with Crippen molar-refractivity contribution >= 4 is 17.6 Å². The normalized spacial score (nSPS) is 9.80. The first kappa shape index (κ1) is 11.8. The van der Waals surface area contributed by atoms with E-state index in [0.29, 0.717) is 18.2 Å². The first-order valence-corrected chi connectivity index (χ1v) is 5.02. The van der Waals surface area contributed by atoms with Crippen LogP contribution in [0.15, 0.2) is 12.3 Å². The van der Waals surface area contributed by atoms with Crippen molar-refractivity contribution in [3.63, 3.8) is 0 Å². The second-order valence-corrected chi connectivity index (χ2v) is 3.10. The Morgan fingerprint density at radius 2 is 2.20 bits per heavy atom. The lowest BCUT2D eigenvalue weighted by atomic mass is 10.3. The van der Waals surface area contributed by atoms with E-state index >= 15 is 0 Å². The van der Waals surface area contributed by atoms with E-state index in [-0.39, 0.29) is 11.4 Å². The molecular weight excluding hydrogens is 218 g/mol. The fraction of sp³-hybridized carbons (Fsp3) is 0.400. The van der Waals surface area contributed by atoms with Gasteiger partial charge in [0.1, 0.15) is 5.56 Å². The second-order valence-electron chi connectivity index (χ2n) is 2.66. The van der Waals surface area contributed by atoms with E-state index in [4.69, 9.17) is 21.1 Å². The molecule has 0 aliphatic carbocycles. The highest BCUT2D eigenvalue weighted by atomic mass is 35.5. The molecule has 0 fully saturated rings. The number of aromatic nitrogens is 1. The molecule has 0 bridgehead atoms. The molecule has 0 N–H and O–H groups in total. The van der Waals surface area contributed by atoms with E-state index < -0.39 is 5.97 Å². The summed E-state index contributed by atoms with van der Waals surface area (Å²) in [4.78, 5) is 15.4. The van der Waals surface area contributed by atoms with Crippen LogP contribution >= 0.6 is 11.6 Å². The lowest BCUT2D eigenvalue weighted by Crippen LogP contribution is -2.09. The van der Waals surface area contributed by atoms with Crippen molar-refractivity contribution < 1.29 is 14.3 Å². The zero-order valence-electron chi connectivity index (χ0n) is 8.62. The summed E-state index contributed by atoms with van der Waals surface area (Å²) in [5.74, 6) is -0.226. The smallest absolute Gasteiger partial charge is 0.343 e. The zero-order valence-corrected chi connectivity index (χ0v) is 9.37. The Hall–Kier alpha value is -1.29. The molecule has 82 valence electrons. The Bertz CT molecular complexity index is 355. The molecular formula is C10H12ClNO3. The van der Waals surface area contributed by atoms with Crippen LogP contribution in [0, 0.1) is 0 Å². The molecule has 0 saturated heterocycles. The Kier molecular flexibility index (Phi) is 4.37. The molecule has 0 spiro atoms. The molecule has 1 heterocycles. The number of hydrogen-bond acceptors (Lipinski definition) is 4. The Morgan fingerprint density at radius 3 is 2.80 bits per heavy atom. The number of ether oxygens (including phenoxy) is 2. The first-order valence-electron chi connectivity index (χ1n) is 4.64. The van der Waals surface area contributed by atoms with Crippen LogP contribution < -0.4 is 4.74 Å². The van der Waals surface area contributed by atoms with Crippen LogP contribution in [0.3, 0.4) is 0 Å². The average molecular weight is 230 g/mol. The summed E-state index contributed by atoms with van der Waals surface area (Å²) in [6.07, 6.45) is 1.43. The van der Waals surface area contributed by atoms with Gasteiger partial charge in [-0.15, -0.1) is 0 Å². The number of rotatable bonds is 4. The average Bonchev–Trinajstić information content (AvgIpc) is 2.21. The van der Waals surface area contributed by atoms with Crippen molar-refractivity contribution in [2.24, 2.45) is 0 Å². The van der Waals surface area contributed by atoms with Crippen LogP contribution in [0.1, 0.15) is 24.2 Å². The number of nitrogens with zero attached hydrogens (tertiary/aromatic N) is 1. The third kappa shape index (κ3) is 3.09. The van der Waals surface area contributed by atoms with Crippen molar-refractivity contribution in [1.29, 1.82) is 0 Å². The summed E-state index contributed by atoms with van der Waals surface area (Å²) in [7, 11) is 0. The third-order valence-electron chi connectivity index (χ3n) is 1.59. The molecule has 0 atom stereocenters. The predicted octanol–water partition coefficient (Wildman–Crippen LogP) is 2.31. The second kappa shape index (κ2) is 5.56. The van der Waals surface area contributed by atoms with E-state index in [2.05, 4.69) is 4.98 Å². The molecule has 0 aromatic carbocycles. The number of esters is 1. The molecule has 15 heavy (non-hydrogen) atoms. The van der Waals surface area contributed by atoms with Gasteiger partial charge in [-0.05, 0) is 19.9 Å². The fourth-order valence-corrected chi connectivity index (χ4v) is 1.19. The van der Waals surface area contributed by atoms with Crippen LogP contribution in [-0.2, 0) is 4.74 Å². The van der Waals surface area contributed by atoms with Gasteiger partial charge in [0.2, 0.25) is 5.88 Å². The summed E-state index contributed by atoms with van der Waals surface area (Å²) >= 11 is 5.74. The molecule has 0 saturated carbocycles. The van der Waals surface area contributed by atoms with Gasteiger partial charge in [-0.3, -0.25) is 0 Å². The van der Waals surface area contributed by atoms with Gasteiger partial charge < -0.3 is 9.47 Å². The zero-order chi connectivity index (χ0) is 11.3. The summed E-state index contributed by atoms with van der Waals surface area (Å²) < 4.78 is 10.0. The molecule has 1 rings (SSSR count). The molecule has 0 unspecified atom stereocenters. The van der Waals surface area contributed by atoms with Crippen LogP contribution in [0.5, 0.6) is 5.88 Å². The van der Waals surface area contributed by atoms with E-state index in [1.807, 2.05) is 6.92 Å². The van der Waals surface area contributed by atoms with Gasteiger partial charge in [-0.25, -0.2) is 9.78 Å². The minimum atomic E-state index is -0.476. The van der Waals surface area contributed by atoms with Crippen LogP contribution in [0.2, 0.25) is 5.02 Å². The Morgan fingerprint density at radius 1 is 1.47 bits per heavy atom. The highest BCUT2D eigenvalue weighted by Gasteiger charge is 2.15. The summed E-state index contributed by atoms with van der Waals surface area (Å²) in [5.41, 5.74) is 0.256. The highest BCUT2D eigenvalue weighted by molar-refractivity contribution is 6.30. The van der Waals surface area contributed by atoms with E-state index in [0.717, 1.165) is 0 Å². The van der Waals surface area contributed by atoms with Gasteiger partial charge in [0.05, 0.1) is 18.2 Å². The maximum absolute atomic E-state index is 11.5. The van der Waals surface area contributed by atoms with Crippen molar-refractivity contribution in [3.8, 4) is 5.88 Å². The van der Waals surface area contributed by atoms with Crippen molar-refractivity contribution in [2.45, 2.75) is 13.8 Å². The Balaban J connectivity index is 3.00. The topological polar surface area (TPSA) is 48.4 Å². The van der Waals surface area contributed by atoms with Crippen molar-refractivity contribution in [3.05, 3.63) is 22.8 Å². The minimum absolute atomic E-state index is 0.250. The van der Waals surface area contributed by atoms with Crippen LogP contribution in [0.4, 0.5) is 0 Å². The Labute approximate surface area is 93.2 Å². The van der Waals surface area contributed by atoms with Crippen molar-refractivity contribution in [2.75, 3.05) is 13.2 Å². The van der Waals surface area contributed by atoms with Crippen LogP contribution in [-0.4, -0.2) is 24.2 Å². The van der Waals surface area contributed by atoms with Gasteiger partial charge in [0.15, 0.2) is 0 Å². The molecule has 0 aliphatic heterocycles. The maximum atomic E-state index is 11.5. The largest absolute Gasteiger partial charge is 0.477 e. The summed E-state index contributed by atoms with van der Waals surface area (Å²) in [6.45, 7) is 4.28.